The molecule has 2 N–H and O–H groups in total. The zero-order valence-electron chi connectivity index (χ0n) is 28.9. The number of aromatic nitrogens is 1. The summed E-state index contributed by atoms with van der Waals surface area (Å²) in [4.78, 5) is 17.6. The number of halogens is 1. The summed E-state index contributed by atoms with van der Waals surface area (Å²) < 4.78 is 24.6. The van der Waals surface area contributed by atoms with Crippen molar-refractivity contribution in [3.8, 4) is 17.2 Å². The molecule has 2 aromatic carbocycles. The van der Waals surface area contributed by atoms with Crippen molar-refractivity contribution < 1.29 is 28.8 Å². The van der Waals surface area contributed by atoms with Gasteiger partial charge in [0.15, 0.2) is 11.5 Å². The fourth-order valence-electron chi connectivity index (χ4n) is 9.13. The molecule has 3 aliphatic carbocycles. The molecule has 262 valence electrons. The number of methoxy groups -OCH3 is 1. The van der Waals surface area contributed by atoms with Crippen LogP contribution >= 0.6 is 11.6 Å². The number of pyridine rings is 1. The van der Waals surface area contributed by atoms with Gasteiger partial charge in [-0.25, -0.2) is 4.79 Å². The van der Waals surface area contributed by atoms with Crippen molar-refractivity contribution >= 4 is 23.3 Å². The number of carboxylic acids is 1. The largest absolute Gasteiger partial charge is 0.493 e. The number of fused-ring (bicyclic) bond motifs is 4. The molecule has 1 fully saturated rings. The lowest BCUT2D eigenvalue weighted by molar-refractivity contribution is -0.144. The number of nitrogens with one attached hydrogen (secondary N) is 1. The summed E-state index contributed by atoms with van der Waals surface area (Å²) in [5.74, 6) is 2.97. The molecule has 9 heteroatoms. The Morgan fingerprint density at radius 1 is 1.12 bits per heavy atom. The molecule has 4 atom stereocenters. The van der Waals surface area contributed by atoms with E-state index in [0.717, 1.165) is 55.0 Å². The van der Waals surface area contributed by atoms with E-state index in [2.05, 4.69) is 36.3 Å². The summed E-state index contributed by atoms with van der Waals surface area (Å²) in [5, 5.41) is 14.6. The van der Waals surface area contributed by atoms with Crippen molar-refractivity contribution in [3.63, 3.8) is 0 Å². The molecule has 1 aliphatic heterocycles. The first-order valence-corrected chi connectivity index (χ1v) is 18.4. The van der Waals surface area contributed by atoms with Crippen LogP contribution in [0.15, 0.2) is 48.7 Å². The van der Waals surface area contributed by atoms with E-state index in [1.54, 1.807) is 19.2 Å². The molecule has 3 aromatic rings. The molecule has 1 unspecified atom stereocenters. The quantitative estimate of drug-likeness (QED) is 0.220. The number of carboxylic acid groups (broad SMARTS) is 1. The zero-order valence-corrected chi connectivity index (χ0v) is 29.7. The van der Waals surface area contributed by atoms with E-state index in [-0.39, 0.29) is 11.3 Å². The van der Waals surface area contributed by atoms with E-state index in [9.17, 15) is 9.90 Å². The number of ether oxygens (including phenoxy) is 4. The molecular weight excluding hydrogens is 640 g/mol. The highest BCUT2D eigenvalue weighted by atomic mass is 35.5. The molecule has 1 aromatic heterocycles. The number of aryl methyl sites for hydroxylation is 1. The van der Waals surface area contributed by atoms with Gasteiger partial charge in [0.2, 0.25) is 0 Å². The van der Waals surface area contributed by atoms with Gasteiger partial charge >= 0.3 is 5.97 Å². The maximum atomic E-state index is 13.0. The van der Waals surface area contributed by atoms with Gasteiger partial charge < -0.3 is 29.4 Å². The van der Waals surface area contributed by atoms with Crippen LogP contribution in [-0.4, -0.2) is 55.1 Å². The number of carbonyl (C=O) groups is 1. The summed E-state index contributed by atoms with van der Waals surface area (Å²) in [6.07, 6.45) is 9.64. The molecule has 7 rings (SSSR count). The first kappa shape index (κ1) is 34.0. The van der Waals surface area contributed by atoms with Crippen LogP contribution in [0.4, 0.5) is 5.69 Å². The number of aliphatic carboxylic acids is 1. The number of rotatable bonds is 10. The Bertz CT molecular complexity index is 1670. The summed E-state index contributed by atoms with van der Waals surface area (Å²) in [6, 6.07) is 13.8. The second kappa shape index (κ2) is 14.0. The minimum absolute atomic E-state index is 0.159. The number of hydrogen-bond donors (Lipinski definition) is 2. The third kappa shape index (κ3) is 6.71. The van der Waals surface area contributed by atoms with Crippen molar-refractivity contribution in [2.45, 2.75) is 88.5 Å². The van der Waals surface area contributed by atoms with Crippen molar-refractivity contribution in [2.75, 3.05) is 38.9 Å². The van der Waals surface area contributed by atoms with Gasteiger partial charge in [-0.1, -0.05) is 31.5 Å². The second-order valence-electron chi connectivity index (χ2n) is 15.1. The van der Waals surface area contributed by atoms with Crippen LogP contribution in [0.3, 0.4) is 0 Å². The maximum Gasteiger partial charge on any atom is 0.329 e. The van der Waals surface area contributed by atoms with Gasteiger partial charge in [0.25, 0.3) is 0 Å². The fraction of sp³-hybridized carbons (Fsp3) is 0.550. The Morgan fingerprint density at radius 3 is 2.63 bits per heavy atom. The van der Waals surface area contributed by atoms with Crippen molar-refractivity contribution in [3.05, 3.63) is 76.1 Å². The molecule has 0 bridgehead atoms. The highest BCUT2D eigenvalue weighted by Crippen LogP contribution is 2.58. The summed E-state index contributed by atoms with van der Waals surface area (Å²) in [6.45, 7) is 6.87. The highest BCUT2D eigenvalue weighted by molar-refractivity contribution is 6.30. The standard InChI is InChI=1S/C40H49ClN2O6/c1-25(21-47-34-10-15-42-33-9-4-6-26(2)37(33)34)16-29-17-28-18-35-36(49-24-27(22-46-3)23-48-35)20-32(28)39(29)11-13-40(14-12-39,38(44)45)43-31-8-5-7-30(41)19-31/h5,7-8,10,15,18-20,25-27,29,43H,4,6,9,11-14,16-17,21-24H2,1-3H3,(H,44,45)/t25-,26-,27?,29+,39?,40?/m1/s1. The van der Waals surface area contributed by atoms with Gasteiger partial charge in [-0.3, -0.25) is 4.98 Å². The van der Waals surface area contributed by atoms with Gasteiger partial charge in [-0.05, 0) is 128 Å². The van der Waals surface area contributed by atoms with Crippen LogP contribution < -0.4 is 19.5 Å². The van der Waals surface area contributed by atoms with Gasteiger partial charge in [0.05, 0.1) is 32.3 Å². The van der Waals surface area contributed by atoms with Crippen LogP contribution in [0.1, 0.15) is 87.1 Å². The molecule has 0 amide bonds. The third-order valence-electron chi connectivity index (χ3n) is 11.7. The average molecular weight is 689 g/mol. The minimum atomic E-state index is -1.08. The van der Waals surface area contributed by atoms with Gasteiger partial charge in [0, 0.05) is 35.3 Å². The zero-order chi connectivity index (χ0) is 34.2. The Labute approximate surface area is 294 Å². The Balaban J connectivity index is 1.15. The topological polar surface area (TPSA) is 99.1 Å². The van der Waals surface area contributed by atoms with Crippen LogP contribution in [0.25, 0.3) is 0 Å². The minimum Gasteiger partial charge on any atom is -0.493 e. The molecule has 0 saturated heterocycles. The van der Waals surface area contributed by atoms with E-state index < -0.39 is 11.5 Å². The van der Waals surface area contributed by atoms with Crippen molar-refractivity contribution in [2.24, 2.45) is 17.8 Å². The Morgan fingerprint density at radius 2 is 1.90 bits per heavy atom. The first-order chi connectivity index (χ1) is 23.7. The van der Waals surface area contributed by atoms with E-state index in [1.165, 1.54) is 35.2 Å². The number of nitrogens with zero attached hydrogens (tertiary/aromatic N) is 1. The molecule has 8 nitrogen and oxygen atoms in total. The predicted molar refractivity (Wildman–Crippen MR) is 190 cm³/mol. The SMILES string of the molecule is COCC1COc2cc3c(cc2OC1)C1(CCC(Nc2cccc(Cl)c2)(C(=O)O)CC1)[C@@H](C[C@@H](C)COc1ccnc2c1[C@H](C)CCC2)C3. The molecule has 1 spiro atoms. The lowest BCUT2D eigenvalue weighted by atomic mass is 9.59. The maximum absolute atomic E-state index is 13.0. The number of benzene rings is 2. The second-order valence-corrected chi connectivity index (χ2v) is 15.5. The predicted octanol–water partition coefficient (Wildman–Crippen LogP) is 8.23. The lowest BCUT2D eigenvalue weighted by Gasteiger charge is -2.47. The van der Waals surface area contributed by atoms with E-state index in [0.29, 0.717) is 62.0 Å². The fourth-order valence-corrected chi connectivity index (χ4v) is 9.33. The smallest absolute Gasteiger partial charge is 0.329 e. The van der Waals surface area contributed by atoms with Gasteiger partial charge in [-0.2, -0.15) is 0 Å². The van der Waals surface area contributed by atoms with Crippen LogP contribution in [-0.2, 0) is 27.8 Å². The highest BCUT2D eigenvalue weighted by Gasteiger charge is 2.54. The van der Waals surface area contributed by atoms with Crippen LogP contribution in [0.2, 0.25) is 5.02 Å². The molecule has 49 heavy (non-hydrogen) atoms. The molecular formula is C40H49ClN2O6. The van der Waals surface area contributed by atoms with E-state index >= 15 is 0 Å². The monoisotopic (exact) mass is 688 g/mol. The van der Waals surface area contributed by atoms with Gasteiger partial charge in [-0.15, -0.1) is 0 Å². The van der Waals surface area contributed by atoms with Gasteiger partial charge in [0.1, 0.15) is 11.3 Å². The average Bonchev–Trinajstić information content (AvgIpc) is 3.21. The summed E-state index contributed by atoms with van der Waals surface area (Å²) >= 11 is 6.28. The van der Waals surface area contributed by atoms with E-state index in [1.807, 2.05) is 24.4 Å². The lowest BCUT2D eigenvalue weighted by Crippen LogP contribution is -2.53. The van der Waals surface area contributed by atoms with E-state index in [4.69, 9.17) is 30.5 Å². The van der Waals surface area contributed by atoms with Crippen LogP contribution in [0, 0.1) is 17.8 Å². The normalized spacial score (nSPS) is 27.9. The van der Waals surface area contributed by atoms with Crippen molar-refractivity contribution in [1.82, 2.24) is 4.98 Å². The third-order valence-corrected chi connectivity index (χ3v) is 11.9. The summed E-state index contributed by atoms with van der Waals surface area (Å²) in [7, 11) is 1.70. The molecule has 4 aliphatic rings. The summed E-state index contributed by atoms with van der Waals surface area (Å²) in [5.41, 5.74) is 4.51. The first-order valence-electron chi connectivity index (χ1n) is 18.0. The molecule has 2 heterocycles. The van der Waals surface area contributed by atoms with Crippen molar-refractivity contribution in [1.29, 1.82) is 0 Å². The van der Waals surface area contributed by atoms with Crippen LogP contribution in [0.5, 0.6) is 17.2 Å². The molecule has 1 saturated carbocycles. The Kier molecular flexibility index (Phi) is 9.73. The Hall–Kier alpha value is -3.49. The number of hydrogen-bond acceptors (Lipinski definition) is 7. The number of anilines is 1. The molecule has 0 radical (unpaired) electrons.